The number of imidazole rings is 1. The van der Waals surface area contributed by atoms with Gasteiger partial charge in [-0.2, -0.15) is 0 Å². The number of aryl methyl sites for hydroxylation is 2. The Morgan fingerprint density at radius 3 is 3.00 bits per heavy atom. The lowest BCUT2D eigenvalue weighted by molar-refractivity contribution is 0.0953. The van der Waals surface area contributed by atoms with Gasteiger partial charge in [0, 0.05) is 29.9 Å². The van der Waals surface area contributed by atoms with E-state index in [2.05, 4.69) is 50.4 Å². The summed E-state index contributed by atoms with van der Waals surface area (Å²) in [6, 6.07) is 6.21. The average molecular weight is 427 g/mol. The third-order valence-corrected chi connectivity index (χ3v) is 6.90. The highest BCUT2D eigenvalue weighted by Crippen LogP contribution is 2.30. The second-order valence-corrected chi connectivity index (χ2v) is 9.15. The van der Waals surface area contributed by atoms with Crippen molar-refractivity contribution in [2.45, 2.75) is 50.2 Å². The lowest BCUT2D eigenvalue weighted by Gasteiger charge is -2.14. The Hall–Kier alpha value is -2.23. The molecular weight excluding hydrogens is 404 g/mol. The number of ether oxygens (including phenoxy) is 1. The van der Waals surface area contributed by atoms with Crippen molar-refractivity contribution >= 4 is 28.9 Å². The predicted octanol–water partition coefficient (Wildman–Crippen LogP) is 4.14. The lowest BCUT2D eigenvalue weighted by atomic mass is 10.2. The van der Waals surface area contributed by atoms with Gasteiger partial charge in [0.2, 0.25) is 5.78 Å². The highest BCUT2D eigenvalue weighted by Gasteiger charge is 2.22. The van der Waals surface area contributed by atoms with Gasteiger partial charge in [0.25, 0.3) is 0 Å². The zero-order chi connectivity index (χ0) is 19.8. The molecule has 29 heavy (non-hydrogen) atoms. The van der Waals surface area contributed by atoms with Crippen molar-refractivity contribution in [2.75, 3.05) is 6.61 Å². The van der Waals surface area contributed by atoms with E-state index in [0.29, 0.717) is 0 Å². The molecule has 4 aromatic rings. The molecule has 1 aliphatic rings. The van der Waals surface area contributed by atoms with E-state index in [4.69, 9.17) is 9.72 Å². The summed E-state index contributed by atoms with van der Waals surface area (Å²) in [5.41, 5.74) is 3.11. The van der Waals surface area contributed by atoms with Crippen LogP contribution in [0.3, 0.4) is 0 Å². The summed E-state index contributed by atoms with van der Waals surface area (Å²) in [6.07, 6.45) is 4.50. The van der Waals surface area contributed by atoms with Crippen LogP contribution in [-0.2, 0) is 17.0 Å². The summed E-state index contributed by atoms with van der Waals surface area (Å²) in [5.74, 6) is 2.38. The molecule has 150 valence electrons. The third kappa shape index (κ3) is 3.82. The zero-order valence-corrected chi connectivity index (χ0v) is 18.0. The summed E-state index contributed by atoms with van der Waals surface area (Å²) in [4.78, 5) is 10.4. The molecular formula is C20H22N6OS2. The van der Waals surface area contributed by atoms with Crippen LogP contribution in [0.5, 0.6) is 0 Å². The molecule has 0 amide bonds. The molecule has 4 aromatic heterocycles. The number of rotatable bonds is 6. The van der Waals surface area contributed by atoms with Crippen molar-refractivity contribution in [3.05, 3.63) is 46.9 Å². The second kappa shape index (κ2) is 7.89. The van der Waals surface area contributed by atoms with Crippen LogP contribution in [0.15, 0.2) is 34.9 Å². The Kier molecular flexibility index (Phi) is 5.11. The summed E-state index contributed by atoms with van der Waals surface area (Å²) < 4.78 is 10.1. The third-order valence-electron chi connectivity index (χ3n) is 5.03. The van der Waals surface area contributed by atoms with Gasteiger partial charge in [-0.1, -0.05) is 17.8 Å². The smallest absolute Gasteiger partial charge is 0.234 e. The van der Waals surface area contributed by atoms with Gasteiger partial charge in [0.15, 0.2) is 11.0 Å². The number of thiophene rings is 1. The first-order valence-corrected chi connectivity index (χ1v) is 11.6. The highest BCUT2D eigenvalue weighted by molar-refractivity contribution is 7.98. The van der Waals surface area contributed by atoms with Crippen molar-refractivity contribution in [2.24, 2.45) is 0 Å². The normalized spacial score (nSPS) is 16.8. The SMILES string of the molecule is Cc1cc(C)n2cc(CSc3nnc(-c4cccs4)n3CC3CCCO3)nc2n1. The summed E-state index contributed by atoms with van der Waals surface area (Å²) in [6.45, 7) is 5.70. The number of thioether (sulfide) groups is 1. The molecule has 0 aromatic carbocycles. The summed E-state index contributed by atoms with van der Waals surface area (Å²) in [5, 5.41) is 12.0. The van der Waals surface area contributed by atoms with Gasteiger partial charge >= 0.3 is 0 Å². The van der Waals surface area contributed by atoms with Crippen LogP contribution in [-0.4, -0.2) is 41.8 Å². The maximum atomic E-state index is 5.87. The molecule has 7 nitrogen and oxygen atoms in total. The molecule has 1 aliphatic heterocycles. The van der Waals surface area contributed by atoms with Crippen LogP contribution in [0.4, 0.5) is 0 Å². The van der Waals surface area contributed by atoms with Gasteiger partial charge in [-0.3, -0.25) is 8.97 Å². The largest absolute Gasteiger partial charge is 0.376 e. The molecule has 1 atom stereocenters. The van der Waals surface area contributed by atoms with Crippen molar-refractivity contribution < 1.29 is 4.74 Å². The van der Waals surface area contributed by atoms with Gasteiger partial charge in [0.05, 0.1) is 23.2 Å². The fourth-order valence-electron chi connectivity index (χ4n) is 3.67. The van der Waals surface area contributed by atoms with Crippen LogP contribution in [0, 0.1) is 13.8 Å². The van der Waals surface area contributed by atoms with E-state index < -0.39 is 0 Å². The molecule has 0 aliphatic carbocycles. The van der Waals surface area contributed by atoms with Crippen molar-refractivity contribution in [1.29, 1.82) is 0 Å². The number of nitrogens with zero attached hydrogens (tertiary/aromatic N) is 6. The topological polar surface area (TPSA) is 70.1 Å². The molecule has 1 fully saturated rings. The Balaban J connectivity index is 1.41. The predicted molar refractivity (Wildman–Crippen MR) is 114 cm³/mol. The zero-order valence-electron chi connectivity index (χ0n) is 16.4. The molecule has 1 saturated heterocycles. The van der Waals surface area contributed by atoms with Crippen molar-refractivity contribution in [3.8, 4) is 10.7 Å². The molecule has 0 N–H and O–H groups in total. The molecule has 0 saturated carbocycles. The van der Waals surface area contributed by atoms with E-state index in [-0.39, 0.29) is 6.10 Å². The van der Waals surface area contributed by atoms with E-state index in [1.165, 1.54) is 0 Å². The van der Waals surface area contributed by atoms with Crippen molar-refractivity contribution in [1.82, 2.24) is 29.1 Å². The van der Waals surface area contributed by atoms with Gasteiger partial charge < -0.3 is 4.74 Å². The molecule has 0 bridgehead atoms. The van der Waals surface area contributed by atoms with Crippen LogP contribution in [0.25, 0.3) is 16.5 Å². The van der Waals surface area contributed by atoms with E-state index in [1.807, 2.05) is 17.4 Å². The van der Waals surface area contributed by atoms with E-state index >= 15 is 0 Å². The molecule has 0 spiro atoms. The Bertz CT molecular complexity index is 1130. The minimum absolute atomic E-state index is 0.231. The average Bonchev–Trinajstić information content (AvgIpc) is 3.48. The molecule has 5 rings (SSSR count). The van der Waals surface area contributed by atoms with Crippen LogP contribution < -0.4 is 0 Å². The minimum Gasteiger partial charge on any atom is -0.376 e. The maximum Gasteiger partial charge on any atom is 0.234 e. The monoisotopic (exact) mass is 426 g/mol. The fraction of sp³-hybridized carbons (Fsp3) is 0.400. The van der Waals surface area contributed by atoms with Crippen LogP contribution >= 0.6 is 23.1 Å². The van der Waals surface area contributed by atoms with Crippen LogP contribution in [0.1, 0.15) is 29.9 Å². The lowest BCUT2D eigenvalue weighted by Crippen LogP contribution is -2.16. The fourth-order valence-corrected chi connectivity index (χ4v) is 5.22. The molecule has 1 unspecified atom stereocenters. The number of fused-ring (bicyclic) bond motifs is 1. The van der Waals surface area contributed by atoms with Crippen molar-refractivity contribution in [3.63, 3.8) is 0 Å². The highest BCUT2D eigenvalue weighted by atomic mass is 32.2. The van der Waals surface area contributed by atoms with Gasteiger partial charge in [0.1, 0.15) is 0 Å². The molecule has 0 radical (unpaired) electrons. The maximum absolute atomic E-state index is 5.87. The van der Waals surface area contributed by atoms with Crippen LogP contribution in [0.2, 0.25) is 0 Å². The number of aromatic nitrogens is 6. The second-order valence-electron chi connectivity index (χ2n) is 7.26. The van der Waals surface area contributed by atoms with Gasteiger partial charge in [-0.25, -0.2) is 9.97 Å². The summed E-state index contributed by atoms with van der Waals surface area (Å²) >= 11 is 3.35. The van der Waals surface area contributed by atoms with E-state index in [0.717, 1.165) is 70.5 Å². The minimum atomic E-state index is 0.231. The standard InChI is InChI=1S/C20H22N6OS2/c1-13-9-14(2)25-10-15(22-19(25)21-13)12-29-20-24-23-18(17-6-4-8-28-17)26(20)11-16-5-3-7-27-16/h4,6,8-10,16H,3,5,7,11-12H2,1-2H3. The van der Waals surface area contributed by atoms with E-state index in [1.54, 1.807) is 23.1 Å². The Morgan fingerprint density at radius 2 is 2.21 bits per heavy atom. The quantitative estimate of drug-likeness (QED) is 0.432. The summed E-state index contributed by atoms with van der Waals surface area (Å²) in [7, 11) is 0. The molecule has 9 heteroatoms. The van der Waals surface area contributed by atoms with Gasteiger partial charge in [-0.05, 0) is 44.2 Å². The molecule has 5 heterocycles. The Morgan fingerprint density at radius 1 is 1.28 bits per heavy atom. The van der Waals surface area contributed by atoms with E-state index in [9.17, 15) is 0 Å². The first-order valence-electron chi connectivity index (χ1n) is 9.71. The number of hydrogen-bond donors (Lipinski definition) is 0. The first-order chi connectivity index (χ1) is 14.2. The first kappa shape index (κ1) is 18.8. The number of hydrogen-bond acceptors (Lipinski definition) is 7. The Labute approximate surface area is 177 Å². The van der Waals surface area contributed by atoms with Gasteiger partial charge in [-0.15, -0.1) is 21.5 Å².